The summed E-state index contributed by atoms with van der Waals surface area (Å²) in [4.78, 5) is 2.22. The van der Waals surface area contributed by atoms with Crippen molar-refractivity contribution in [3.63, 3.8) is 0 Å². The van der Waals surface area contributed by atoms with E-state index >= 15 is 0 Å². The Morgan fingerprint density at radius 2 is 1.80 bits per heavy atom. The molecule has 15 heavy (non-hydrogen) atoms. The summed E-state index contributed by atoms with van der Waals surface area (Å²) >= 11 is 0. The summed E-state index contributed by atoms with van der Waals surface area (Å²) < 4.78 is 34.0. The Morgan fingerprint density at radius 1 is 1.33 bits per heavy atom. The minimum Gasteiger partial charge on any atom is -0.306 e. The quantitative estimate of drug-likeness (QED) is 0.700. The number of nitrogens with zero attached hydrogens (tertiary/aromatic N) is 1. The fourth-order valence-electron chi connectivity index (χ4n) is 2.35. The minimum absolute atomic E-state index is 0.305. The van der Waals surface area contributed by atoms with Crippen molar-refractivity contribution < 1.29 is 12.3 Å². The van der Waals surface area contributed by atoms with Crippen LogP contribution in [0.15, 0.2) is 0 Å². The highest BCUT2D eigenvalue weighted by molar-refractivity contribution is 7.86. The molecule has 90 valence electrons. The van der Waals surface area contributed by atoms with Crippen molar-refractivity contribution in [2.45, 2.75) is 26.7 Å². The van der Waals surface area contributed by atoms with Crippen molar-refractivity contribution in [3.8, 4) is 0 Å². The van der Waals surface area contributed by atoms with Crippen LogP contribution in [0.5, 0.6) is 0 Å². The van der Waals surface area contributed by atoms with Crippen LogP contribution in [0, 0.1) is 11.3 Å². The van der Waals surface area contributed by atoms with Crippen LogP contribution in [0.1, 0.15) is 26.7 Å². The van der Waals surface area contributed by atoms with Crippen molar-refractivity contribution in [1.82, 2.24) is 4.90 Å². The first kappa shape index (κ1) is 12.9. The Hall–Kier alpha value is -0.160. The summed E-state index contributed by atoms with van der Waals surface area (Å²) in [7, 11) is -2.31. The molecule has 1 heterocycles. The molecule has 0 amide bonds. The third-order valence-electron chi connectivity index (χ3n) is 3.37. The van der Waals surface area contributed by atoms with Gasteiger partial charge in [0.2, 0.25) is 0 Å². The molecule has 3 nitrogen and oxygen atoms in total. The highest BCUT2D eigenvalue weighted by atomic mass is 32.3. The fourth-order valence-corrected chi connectivity index (χ4v) is 3.48. The van der Waals surface area contributed by atoms with Gasteiger partial charge in [-0.15, -0.1) is 3.89 Å². The zero-order valence-electron chi connectivity index (χ0n) is 9.66. The number of likely N-dealkylation sites (tertiary alicyclic amines) is 1. The van der Waals surface area contributed by atoms with Gasteiger partial charge in [-0.1, -0.05) is 13.8 Å². The van der Waals surface area contributed by atoms with Crippen molar-refractivity contribution in [1.29, 1.82) is 0 Å². The van der Waals surface area contributed by atoms with E-state index in [1.54, 1.807) is 0 Å². The van der Waals surface area contributed by atoms with Gasteiger partial charge in [-0.05, 0) is 44.3 Å². The molecule has 0 saturated carbocycles. The molecule has 0 unspecified atom stereocenters. The van der Waals surface area contributed by atoms with Crippen LogP contribution in [0.3, 0.4) is 0 Å². The maximum atomic E-state index is 12.7. The second kappa shape index (κ2) is 4.37. The van der Waals surface area contributed by atoms with Gasteiger partial charge >= 0.3 is 10.2 Å². The molecular weight excluding hydrogens is 217 g/mol. The largest absolute Gasteiger partial charge is 0.306 e. The van der Waals surface area contributed by atoms with Crippen molar-refractivity contribution in [3.05, 3.63) is 0 Å². The topological polar surface area (TPSA) is 37.4 Å². The normalized spacial score (nSPS) is 21.9. The van der Waals surface area contributed by atoms with Crippen LogP contribution < -0.4 is 0 Å². The van der Waals surface area contributed by atoms with E-state index in [0.29, 0.717) is 5.92 Å². The van der Waals surface area contributed by atoms with Crippen molar-refractivity contribution in [2.24, 2.45) is 11.3 Å². The third kappa shape index (κ3) is 4.07. The molecule has 0 spiro atoms. The predicted octanol–water partition coefficient (Wildman–Crippen LogP) is 1.65. The Bertz CT molecular complexity index is 305. The SMILES string of the molecule is CN1CCC(C(C)(C)CS(=O)(=O)F)CC1. The van der Waals surface area contributed by atoms with Gasteiger partial charge in [0.1, 0.15) is 0 Å². The lowest BCUT2D eigenvalue weighted by atomic mass is 9.75. The number of rotatable bonds is 3. The lowest BCUT2D eigenvalue weighted by Gasteiger charge is -2.38. The van der Waals surface area contributed by atoms with E-state index in [0.717, 1.165) is 25.9 Å². The summed E-state index contributed by atoms with van der Waals surface area (Å²) in [6.07, 6.45) is 1.91. The van der Waals surface area contributed by atoms with E-state index in [1.807, 2.05) is 13.8 Å². The molecule has 0 aromatic rings. The average Bonchev–Trinajstić information content (AvgIpc) is 2.00. The summed E-state index contributed by atoms with van der Waals surface area (Å²) in [5.41, 5.74) is -0.450. The average molecular weight is 237 g/mol. The highest BCUT2D eigenvalue weighted by Crippen LogP contribution is 2.36. The highest BCUT2D eigenvalue weighted by Gasteiger charge is 2.35. The molecule has 1 aliphatic heterocycles. The number of halogens is 1. The number of hydrogen-bond acceptors (Lipinski definition) is 3. The molecule has 0 bridgehead atoms. The van der Waals surface area contributed by atoms with Crippen molar-refractivity contribution in [2.75, 3.05) is 25.9 Å². The molecule has 0 radical (unpaired) electrons. The monoisotopic (exact) mass is 237 g/mol. The predicted molar refractivity (Wildman–Crippen MR) is 58.9 cm³/mol. The molecule has 0 aromatic carbocycles. The van der Waals surface area contributed by atoms with Gasteiger partial charge in [0.25, 0.3) is 0 Å². The van der Waals surface area contributed by atoms with Gasteiger partial charge in [0.15, 0.2) is 0 Å². The molecular formula is C10H20FNO2S. The standard InChI is InChI=1S/C10H20FNO2S/c1-10(2,8-15(11,13)14)9-4-6-12(3)7-5-9/h9H,4-8H2,1-3H3. The van der Waals surface area contributed by atoms with Gasteiger partial charge in [-0.25, -0.2) is 0 Å². The first-order valence-electron chi connectivity index (χ1n) is 5.31. The second-order valence-electron chi connectivity index (χ2n) is 5.25. The Balaban J connectivity index is 2.61. The second-order valence-corrected chi connectivity index (χ2v) is 6.62. The lowest BCUT2D eigenvalue weighted by molar-refractivity contribution is 0.130. The van der Waals surface area contributed by atoms with E-state index in [9.17, 15) is 12.3 Å². The summed E-state index contributed by atoms with van der Waals surface area (Å²) in [5, 5.41) is 0. The van der Waals surface area contributed by atoms with Crippen LogP contribution in [-0.4, -0.2) is 39.2 Å². The van der Waals surface area contributed by atoms with Crippen LogP contribution in [0.2, 0.25) is 0 Å². The Morgan fingerprint density at radius 3 is 2.20 bits per heavy atom. The number of hydrogen-bond donors (Lipinski definition) is 0. The van der Waals surface area contributed by atoms with Gasteiger partial charge < -0.3 is 4.90 Å². The lowest BCUT2D eigenvalue weighted by Crippen LogP contribution is -2.39. The van der Waals surface area contributed by atoms with Gasteiger partial charge in [0, 0.05) is 0 Å². The maximum absolute atomic E-state index is 12.7. The van der Waals surface area contributed by atoms with Gasteiger partial charge in [-0.3, -0.25) is 0 Å². The van der Waals surface area contributed by atoms with E-state index in [-0.39, 0.29) is 5.75 Å². The zero-order valence-corrected chi connectivity index (χ0v) is 10.5. The molecule has 1 rings (SSSR count). The smallest absolute Gasteiger partial charge is 0.302 e. The molecule has 0 aromatic heterocycles. The van der Waals surface area contributed by atoms with E-state index in [4.69, 9.17) is 0 Å². The molecule has 0 atom stereocenters. The summed E-state index contributed by atoms with van der Waals surface area (Å²) in [5.74, 6) is -0.0480. The van der Waals surface area contributed by atoms with E-state index < -0.39 is 15.6 Å². The zero-order chi connectivity index (χ0) is 11.7. The van der Waals surface area contributed by atoms with Crippen molar-refractivity contribution >= 4 is 10.2 Å². The Kier molecular flexibility index (Phi) is 3.76. The molecule has 5 heteroatoms. The first-order valence-corrected chi connectivity index (χ1v) is 6.87. The van der Waals surface area contributed by atoms with E-state index in [1.165, 1.54) is 0 Å². The maximum Gasteiger partial charge on any atom is 0.302 e. The van der Waals surface area contributed by atoms with Crippen LogP contribution in [0.4, 0.5) is 3.89 Å². The summed E-state index contributed by atoms with van der Waals surface area (Å²) in [6.45, 7) is 5.64. The van der Waals surface area contributed by atoms with Crippen LogP contribution in [-0.2, 0) is 10.2 Å². The first-order chi connectivity index (χ1) is 6.71. The van der Waals surface area contributed by atoms with E-state index in [2.05, 4.69) is 11.9 Å². The number of piperidine rings is 1. The van der Waals surface area contributed by atoms with Gasteiger partial charge in [-0.2, -0.15) is 8.42 Å². The van der Waals surface area contributed by atoms with Crippen LogP contribution >= 0.6 is 0 Å². The molecule has 1 fully saturated rings. The van der Waals surface area contributed by atoms with Gasteiger partial charge in [0.05, 0.1) is 5.75 Å². The summed E-state index contributed by atoms with van der Waals surface area (Å²) in [6, 6.07) is 0. The molecule has 0 aliphatic carbocycles. The Labute approximate surface area is 91.9 Å². The minimum atomic E-state index is -4.36. The van der Waals surface area contributed by atoms with Crippen LogP contribution in [0.25, 0.3) is 0 Å². The molecule has 1 saturated heterocycles. The molecule has 0 N–H and O–H groups in total. The molecule has 1 aliphatic rings. The third-order valence-corrected chi connectivity index (χ3v) is 4.46. The fraction of sp³-hybridized carbons (Fsp3) is 1.00.